The van der Waals surface area contributed by atoms with Crippen molar-refractivity contribution in [1.29, 1.82) is 0 Å². The Kier molecular flexibility index (Phi) is 10.3. The quantitative estimate of drug-likeness (QED) is 0.197. The van der Waals surface area contributed by atoms with Crippen LogP contribution in [0.2, 0.25) is 0 Å². The Labute approximate surface area is 208 Å². The largest absolute Gasteiger partial charge is 0.507 e. The minimum absolute atomic E-state index is 0.0330. The van der Waals surface area contributed by atoms with Crippen LogP contribution in [-0.2, 0) is 11.2 Å². The summed E-state index contributed by atoms with van der Waals surface area (Å²) in [6, 6.07) is 1.39. The highest BCUT2D eigenvalue weighted by molar-refractivity contribution is 6.12. The fourth-order valence-electron chi connectivity index (χ4n) is 4.25. The van der Waals surface area contributed by atoms with Crippen LogP contribution < -0.4 is 10.4 Å². The first-order valence-electron chi connectivity index (χ1n) is 12.4. The molecule has 2 aromatic rings. The molecule has 0 spiro atoms. The number of hydrogen-bond donors (Lipinski definition) is 1. The maximum absolute atomic E-state index is 13.4. The van der Waals surface area contributed by atoms with Gasteiger partial charge in [0.05, 0.1) is 18.6 Å². The number of phenolic OH excluding ortho intramolecular Hbond substituents is 1. The van der Waals surface area contributed by atoms with Crippen molar-refractivity contribution in [2.24, 2.45) is 5.92 Å². The number of Topliss-reactive ketones (excluding diaryl/α,β-unsaturated/α-hetero) is 1. The highest BCUT2D eigenvalue weighted by Crippen LogP contribution is 2.45. The molecule has 1 aromatic carbocycles. The number of ketones is 1. The molecular weight excluding hydrogens is 444 g/mol. The van der Waals surface area contributed by atoms with Crippen LogP contribution in [0, 0.1) is 5.92 Å². The summed E-state index contributed by atoms with van der Waals surface area (Å²) in [5.41, 5.74) is 3.00. The highest BCUT2D eigenvalue weighted by Gasteiger charge is 2.30. The summed E-state index contributed by atoms with van der Waals surface area (Å²) >= 11 is 0. The molecule has 35 heavy (non-hydrogen) atoms. The van der Waals surface area contributed by atoms with Crippen molar-refractivity contribution in [3.8, 4) is 11.5 Å². The number of phenols is 1. The van der Waals surface area contributed by atoms with E-state index in [0.717, 1.165) is 12.8 Å². The fraction of sp³-hybridized carbons (Fsp3) is 0.517. The molecule has 2 atom stereocenters. The molecule has 0 amide bonds. The van der Waals surface area contributed by atoms with Gasteiger partial charge in [0.2, 0.25) is 0 Å². The van der Waals surface area contributed by atoms with Crippen LogP contribution in [0.1, 0.15) is 94.8 Å². The average Bonchev–Trinajstić information content (AvgIpc) is 2.82. The van der Waals surface area contributed by atoms with Gasteiger partial charge in [-0.2, -0.15) is 0 Å². The number of ether oxygens (including phenoxy) is 2. The van der Waals surface area contributed by atoms with Gasteiger partial charge in [-0.25, -0.2) is 4.79 Å². The second-order valence-corrected chi connectivity index (χ2v) is 9.34. The third-order valence-corrected chi connectivity index (χ3v) is 6.50. The molecule has 2 unspecified atom stereocenters. The predicted octanol–water partition coefficient (Wildman–Crippen LogP) is 7.07. The zero-order chi connectivity index (χ0) is 26.3. The van der Waals surface area contributed by atoms with Crippen LogP contribution in [-0.4, -0.2) is 25.1 Å². The minimum atomic E-state index is -0.606. The molecule has 2 rings (SSSR count). The molecule has 0 radical (unpaired) electrons. The monoisotopic (exact) mass is 484 g/mol. The van der Waals surface area contributed by atoms with Crippen LogP contribution in [0.3, 0.4) is 0 Å². The fourth-order valence-corrected chi connectivity index (χ4v) is 4.25. The van der Waals surface area contributed by atoms with Gasteiger partial charge < -0.3 is 19.0 Å². The summed E-state index contributed by atoms with van der Waals surface area (Å²) in [6.07, 6.45) is 7.23. The van der Waals surface area contributed by atoms with Crippen LogP contribution in [0.15, 0.2) is 38.6 Å². The van der Waals surface area contributed by atoms with Gasteiger partial charge in [0.15, 0.2) is 11.4 Å². The number of allylic oxidation sites excluding steroid dienone is 4. The zero-order valence-electron chi connectivity index (χ0n) is 22.4. The van der Waals surface area contributed by atoms with E-state index < -0.39 is 11.7 Å². The van der Waals surface area contributed by atoms with E-state index in [9.17, 15) is 14.7 Å². The summed E-state index contributed by atoms with van der Waals surface area (Å²) in [7, 11) is 3.09. The summed E-state index contributed by atoms with van der Waals surface area (Å²) in [5.74, 6) is -0.432. The summed E-state index contributed by atoms with van der Waals surface area (Å²) < 4.78 is 17.0. The Morgan fingerprint density at radius 2 is 1.83 bits per heavy atom. The number of rotatable bonds is 12. The van der Waals surface area contributed by atoms with E-state index in [-0.39, 0.29) is 28.6 Å². The smallest absolute Gasteiger partial charge is 0.336 e. The molecule has 0 aliphatic heterocycles. The van der Waals surface area contributed by atoms with Gasteiger partial charge in [-0.05, 0) is 52.9 Å². The lowest BCUT2D eigenvalue weighted by Gasteiger charge is -2.22. The van der Waals surface area contributed by atoms with Crippen molar-refractivity contribution >= 4 is 16.8 Å². The topological polar surface area (TPSA) is 86.0 Å². The Hall–Kier alpha value is -2.86. The Bertz CT molecular complexity index is 1160. The first-order chi connectivity index (χ1) is 16.6. The van der Waals surface area contributed by atoms with E-state index >= 15 is 0 Å². The maximum atomic E-state index is 13.4. The lowest BCUT2D eigenvalue weighted by Crippen LogP contribution is -2.15. The number of benzene rings is 1. The predicted molar refractivity (Wildman–Crippen MR) is 141 cm³/mol. The van der Waals surface area contributed by atoms with E-state index in [1.165, 1.54) is 24.3 Å². The molecule has 0 bridgehead atoms. The molecule has 6 heteroatoms. The molecule has 1 heterocycles. The van der Waals surface area contributed by atoms with E-state index in [1.807, 2.05) is 19.9 Å². The minimum Gasteiger partial charge on any atom is -0.507 e. The Morgan fingerprint density at radius 1 is 1.14 bits per heavy atom. The van der Waals surface area contributed by atoms with Crippen molar-refractivity contribution in [2.75, 3.05) is 14.2 Å². The number of methoxy groups -OCH3 is 2. The van der Waals surface area contributed by atoms with Gasteiger partial charge in [0, 0.05) is 30.2 Å². The number of carbonyl (C=O) groups is 1. The molecule has 0 saturated carbocycles. The van der Waals surface area contributed by atoms with E-state index in [4.69, 9.17) is 13.9 Å². The van der Waals surface area contributed by atoms with Crippen LogP contribution >= 0.6 is 0 Å². The maximum Gasteiger partial charge on any atom is 0.336 e. The first-order valence-corrected chi connectivity index (χ1v) is 12.4. The van der Waals surface area contributed by atoms with Gasteiger partial charge in [-0.1, -0.05) is 44.1 Å². The summed E-state index contributed by atoms with van der Waals surface area (Å²) in [5, 5.41) is 11.9. The second kappa shape index (κ2) is 12.7. The van der Waals surface area contributed by atoms with E-state index in [1.54, 1.807) is 14.0 Å². The van der Waals surface area contributed by atoms with Crippen molar-refractivity contribution in [1.82, 2.24) is 0 Å². The van der Waals surface area contributed by atoms with Crippen molar-refractivity contribution < 1.29 is 23.8 Å². The van der Waals surface area contributed by atoms with Crippen LogP contribution in [0.25, 0.3) is 11.0 Å². The molecule has 6 nitrogen and oxygen atoms in total. The molecule has 1 aromatic heterocycles. The molecule has 0 saturated heterocycles. The average molecular weight is 485 g/mol. The third-order valence-electron chi connectivity index (χ3n) is 6.50. The highest BCUT2D eigenvalue weighted by atomic mass is 16.5. The number of hydrogen-bond acceptors (Lipinski definition) is 6. The molecule has 192 valence electrons. The normalized spacial score (nSPS) is 13.5. The third kappa shape index (κ3) is 6.43. The SMILES string of the molecule is CCC(C)C(=O)c1c(O)c(C/C=C(\C)CCC=C(C)C)c(OC)c2c(C(CC)OC)cc(=O)oc12. The summed E-state index contributed by atoms with van der Waals surface area (Å²) in [6.45, 7) is 11.9. The lowest BCUT2D eigenvalue weighted by molar-refractivity contribution is 0.0924. The van der Waals surface area contributed by atoms with Crippen molar-refractivity contribution in [2.45, 2.75) is 79.8 Å². The van der Waals surface area contributed by atoms with Gasteiger partial charge in [-0.15, -0.1) is 0 Å². The first kappa shape index (κ1) is 28.4. The zero-order valence-corrected chi connectivity index (χ0v) is 22.4. The summed E-state index contributed by atoms with van der Waals surface area (Å²) in [4.78, 5) is 26.0. The molecule has 0 aliphatic carbocycles. The van der Waals surface area contributed by atoms with Crippen molar-refractivity contribution in [3.63, 3.8) is 0 Å². The molecule has 1 N–H and O–H groups in total. The Morgan fingerprint density at radius 3 is 2.37 bits per heavy atom. The lowest BCUT2D eigenvalue weighted by atomic mass is 9.89. The van der Waals surface area contributed by atoms with Crippen LogP contribution in [0.4, 0.5) is 0 Å². The van der Waals surface area contributed by atoms with Gasteiger partial charge in [0.25, 0.3) is 0 Å². The van der Waals surface area contributed by atoms with Gasteiger partial charge in [0.1, 0.15) is 17.1 Å². The molecule has 0 fully saturated rings. The number of aromatic hydroxyl groups is 1. The van der Waals surface area contributed by atoms with E-state index in [0.29, 0.717) is 41.5 Å². The Balaban J connectivity index is 2.87. The standard InChI is InChI=1S/C29H40O6/c1-9-19(6)26(31)25-27(32)20(15-14-18(5)13-11-12-17(3)4)28(34-8)24-21(22(10-2)33-7)16-23(30)35-29(24)25/h12,14,16,19,22,32H,9-11,13,15H2,1-8H3/b18-14+. The van der Waals surface area contributed by atoms with Gasteiger partial charge >= 0.3 is 5.63 Å². The second-order valence-electron chi connectivity index (χ2n) is 9.34. The molecule has 0 aliphatic rings. The number of carbonyl (C=O) groups excluding carboxylic acids is 1. The van der Waals surface area contributed by atoms with Crippen LogP contribution in [0.5, 0.6) is 11.5 Å². The number of fused-ring (bicyclic) bond motifs is 1. The van der Waals surface area contributed by atoms with E-state index in [2.05, 4.69) is 26.8 Å². The molecular formula is C29H40O6. The van der Waals surface area contributed by atoms with Crippen molar-refractivity contribution in [3.05, 3.63) is 56.5 Å². The van der Waals surface area contributed by atoms with Gasteiger partial charge in [-0.3, -0.25) is 4.79 Å².